The molecule has 1 aromatic carbocycles. The zero-order chi connectivity index (χ0) is 16.2. The molecule has 2 aliphatic rings. The molecule has 2 fully saturated rings. The molecule has 144 valence electrons. The van der Waals surface area contributed by atoms with Crippen LogP contribution in [0.3, 0.4) is 0 Å². The first kappa shape index (κ1) is 22.9. The van der Waals surface area contributed by atoms with Gasteiger partial charge >= 0.3 is 0 Å². The van der Waals surface area contributed by atoms with Crippen LogP contribution < -0.4 is 5.32 Å². The lowest BCUT2D eigenvalue weighted by atomic mass is 10.0. The summed E-state index contributed by atoms with van der Waals surface area (Å²) in [6, 6.07) is 7.72. The summed E-state index contributed by atoms with van der Waals surface area (Å²) in [5, 5.41) is 24.0. The first-order valence-electron chi connectivity index (χ1n) is 8.32. The molecule has 25 heavy (non-hydrogen) atoms. The number of nitrogens with zero attached hydrogens (tertiary/aromatic N) is 1. The molecule has 0 bridgehead atoms. The average molecular weight is 414 g/mol. The van der Waals surface area contributed by atoms with Crippen molar-refractivity contribution in [3.8, 4) is 0 Å². The van der Waals surface area contributed by atoms with E-state index >= 15 is 0 Å². The molecular weight excluding hydrogens is 387 g/mol. The van der Waals surface area contributed by atoms with Gasteiger partial charge < -0.3 is 20.3 Å². The van der Waals surface area contributed by atoms with E-state index in [1.165, 1.54) is 0 Å². The normalized spacial score (nSPS) is 29.2. The van der Waals surface area contributed by atoms with E-state index in [4.69, 9.17) is 16.3 Å². The second-order valence-corrected chi connectivity index (χ2v) is 6.82. The van der Waals surface area contributed by atoms with Crippen LogP contribution in [0, 0.1) is 0 Å². The Balaban J connectivity index is 0.00000156. The number of hydrogen-bond acceptors (Lipinski definition) is 5. The maximum Gasteiger partial charge on any atom is 0.109 e. The fraction of sp³-hybridized carbons (Fsp3) is 0.647. The van der Waals surface area contributed by atoms with Crippen LogP contribution in [0.5, 0.6) is 0 Å². The van der Waals surface area contributed by atoms with Crippen LogP contribution in [0.4, 0.5) is 0 Å². The number of ether oxygens (including phenoxy) is 1. The number of aliphatic hydroxyl groups excluding tert-OH is 2. The average Bonchev–Trinajstić information content (AvgIpc) is 3.15. The molecule has 4 atom stereocenters. The first-order valence-corrected chi connectivity index (χ1v) is 8.70. The van der Waals surface area contributed by atoms with E-state index in [1.54, 1.807) is 0 Å². The van der Waals surface area contributed by atoms with Gasteiger partial charge in [0.2, 0.25) is 0 Å². The highest BCUT2D eigenvalue weighted by Crippen LogP contribution is 2.28. The van der Waals surface area contributed by atoms with Crippen LogP contribution in [-0.2, 0) is 11.3 Å². The van der Waals surface area contributed by atoms with Crippen LogP contribution in [-0.4, -0.2) is 65.7 Å². The topological polar surface area (TPSA) is 65.0 Å². The number of aliphatic hydroxyl groups is 2. The van der Waals surface area contributed by atoms with Crippen molar-refractivity contribution in [2.45, 2.75) is 43.7 Å². The zero-order valence-electron chi connectivity index (χ0n) is 14.0. The highest BCUT2D eigenvalue weighted by Gasteiger charge is 2.46. The molecule has 0 saturated carbocycles. The van der Waals surface area contributed by atoms with Gasteiger partial charge in [0.15, 0.2) is 0 Å². The third kappa shape index (κ3) is 5.68. The van der Waals surface area contributed by atoms with Gasteiger partial charge in [0.25, 0.3) is 0 Å². The Labute approximate surface area is 166 Å². The van der Waals surface area contributed by atoms with Crippen molar-refractivity contribution in [1.29, 1.82) is 0 Å². The Kier molecular flexibility index (Phi) is 10.00. The molecule has 0 radical (unpaired) electrons. The van der Waals surface area contributed by atoms with Crippen molar-refractivity contribution in [2.24, 2.45) is 0 Å². The summed E-state index contributed by atoms with van der Waals surface area (Å²) < 4.78 is 5.88. The van der Waals surface area contributed by atoms with Gasteiger partial charge in [-0.1, -0.05) is 23.7 Å². The van der Waals surface area contributed by atoms with Gasteiger partial charge in [-0.15, -0.1) is 24.8 Å². The summed E-state index contributed by atoms with van der Waals surface area (Å²) in [5.74, 6) is 0. The molecule has 2 aliphatic heterocycles. The van der Waals surface area contributed by atoms with Crippen LogP contribution in [0.1, 0.15) is 18.4 Å². The molecule has 1 aromatic rings. The lowest BCUT2D eigenvalue weighted by Crippen LogP contribution is -2.49. The molecule has 5 nitrogen and oxygen atoms in total. The predicted octanol–water partition coefficient (Wildman–Crippen LogP) is 1.86. The van der Waals surface area contributed by atoms with Crippen molar-refractivity contribution < 1.29 is 14.9 Å². The first-order chi connectivity index (χ1) is 11.2. The van der Waals surface area contributed by atoms with Gasteiger partial charge in [-0.3, -0.25) is 4.90 Å². The Morgan fingerprint density at radius 1 is 1.20 bits per heavy atom. The van der Waals surface area contributed by atoms with Crippen molar-refractivity contribution in [3.05, 3.63) is 34.9 Å². The SMILES string of the molecule is Cl.Cl.OC[C@@H]1O[C@H](CNCc2cccc(Cl)c2)[C@H](N2CCCC2)[C@@H]1O. The number of nitrogens with one attached hydrogen (secondary N) is 1. The second-order valence-electron chi connectivity index (χ2n) is 6.38. The quantitative estimate of drug-likeness (QED) is 0.664. The van der Waals surface area contributed by atoms with Crippen molar-refractivity contribution in [3.63, 3.8) is 0 Å². The molecule has 0 unspecified atom stereocenters. The van der Waals surface area contributed by atoms with E-state index in [1.807, 2.05) is 24.3 Å². The fourth-order valence-electron chi connectivity index (χ4n) is 3.64. The minimum absolute atomic E-state index is 0. The third-order valence-corrected chi connectivity index (χ3v) is 5.00. The molecule has 0 aliphatic carbocycles. The Morgan fingerprint density at radius 3 is 2.56 bits per heavy atom. The third-order valence-electron chi connectivity index (χ3n) is 4.77. The number of hydrogen-bond donors (Lipinski definition) is 3. The Hall–Kier alpha value is -0.110. The molecule has 8 heteroatoms. The van der Waals surface area contributed by atoms with Gasteiger partial charge in [-0.2, -0.15) is 0 Å². The van der Waals surface area contributed by atoms with E-state index in [0.717, 1.165) is 36.5 Å². The van der Waals surface area contributed by atoms with E-state index < -0.39 is 12.2 Å². The predicted molar refractivity (Wildman–Crippen MR) is 104 cm³/mol. The zero-order valence-corrected chi connectivity index (χ0v) is 16.4. The van der Waals surface area contributed by atoms with E-state index in [0.29, 0.717) is 13.1 Å². The van der Waals surface area contributed by atoms with Crippen LogP contribution in [0.2, 0.25) is 5.02 Å². The smallest absolute Gasteiger partial charge is 0.109 e. The van der Waals surface area contributed by atoms with Gasteiger partial charge in [-0.25, -0.2) is 0 Å². The lowest BCUT2D eigenvalue weighted by molar-refractivity contribution is -0.0213. The molecular formula is C17H27Cl3N2O3. The number of benzene rings is 1. The lowest BCUT2D eigenvalue weighted by Gasteiger charge is -2.30. The molecule has 3 rings (SSSR count). The van der Waals surface area contributed by atoms with E-state index in [9.17, 15) is 10.2 Å². The summed E-state index contributed by atoms with van der Waals surface area (Å²) in [6.07, 6.45) is 1.10. The number of likely N-dealkylation sites (tertiary alicyclic amines) is 1. The van der Waals surface area contributed by atoms with Crippen molar-refractivity contribution >= 4 is 36.4 Å². The summed E-state index contributed by atoms with van der Waals surface area (Å²) in [5.41, 5.74) is 1.12. The molecule has 0 amide bonds. The molecule has 0 spiro atoms. The molecule has 3 N–H and O–H groups in total. The molecule has 0 aromatic heterocycles. The standard InChI is InChI=1S/C17H25ClN2O3.2ClH/c18-13-5-3-4-12(8-13)9-19-10-14-16(20-6-1-2-7-20)17(22)15(11-21)23-14;;/h3-5,8,14-17,19,21-22H,1-2,6-7,9-11H2;2*1H/t14-,15+,16+,17-;;/m1../s1. The summed E-state index contributed by atoms with van der Waals surface area (Å²) >= 11 is 6.00. The van der Waals surface area contributed by atoms with Gasteiger partial charge in [0, 0.05) is 18.1 Å². The second kappa shape index (κ2) is 10.9. The summed E-state index contributed by atoms with van der Waals surface area (Å²) in [7, 11) is 0. The maximum atomic E-state index is 10.5. The summed E-state index contributed by atoms with van der Waals surface area (Å²) in [6.45, 7) is 3.19. The maximum absolute atomic E-state index is 10.5. The molecule has 2 saturated heterocycles. The van der Waals surface area contributed by atoms with Gasteiger partial charge in [0.1, 0.15) is 12.2 Å². The van der Waals surface area contributed by atoms with Crippen LogP contribution in [0.15, 0.2) is 24.3 Å². The monoisotopic (exact) mass is 412 g/mol. The Morgan fingerprint density at radius 2 is 1.92 bits per heavy atom. The van der Waals surface area contributed by atoms with Crippen molar-refractivity contribution in [1.82, 2.24) is 10.2 Å². The molecule has 2 heterocycles. The summed E-state index contributed by atoms with van der Waals surface area (Å²) in [4.78, 5) is 2.30. The number of halogens is 3. The van der Waals surface area contributed by atoms with Crippen LogP contribution >= 0.6 is 36.4 Å². The van der Waals surface area contributed by atoms with Crippen LogP contribution in [0.25, 0.3) is 0 Å². The van der Waals surface area contributed by atoms with Crippen molar-refractivity contribution in [2.75, 3.05) is 26.2 Å². The fourth-order valence-corrected chi connectivity index (χ4v) is 3.85. The number of rotatable bonds is 6. The minimum atomic E-state index is -0.629. The van der Waals surface area contributed by atoms with E-state index in [2.05, 4.69) is 10.2 Å². The van der Waals surface area contributed by atoms with E-state index in [-0.39, 0.29) is 43.6 Å². The highest BCUT2D eigenvalue weighted by molar-refractivity contribution is 6.30. The van der Waals surface area contributed by atoms with Gasteiger partial charge in [-0.05, 0) is 43.6 Å². The highest BCUT2D eigenvalue weighted by atomic mass is 35.5. The minimum Gasteiger partial charge on any atom is -0.394 e. The van der Waals surface area contributed by atoms with Gasteiger partial charge in [0.05, 0.1) is 18.8 Å². The largest absolute Gasteiger partial charge is 0.394 e. The Bertz CT molecular complexity index is 518.